The van der Waals surface area contributed by atoms with E-state index in [1.54, 1.807) is 0 Å². The molecule has 1 aromatic heterocycles. The largest absolute Gasteiger partial charge is 0.478 e. The Morgan fingerprint density at radius 2 is 2.05 bits per heavy atom. The highest BCUT2D eigenvalue weighted by Crippen LogP contribution is 2.13. The number of nitrogens with one attached hydrogen (secondary N) is 1. The fraction of sp³-hybridized carbons (Fsp3) is 0.0909. The van der Waals surface area contributed by atoms with Crippen LogP contribution >= 0.6 is 0 Å². The monoisotopic (exact) mass is 263 g/mol. The summed E-state index contributed by atoms with van der Waals surface area (Å²) in [6.07, 6.45) is 0. The zero-order valence-corrected chi connectivity index (χ0v) is 9.78. The van der Waals surface area contributed by atoms with Crippen molar-refractivity contribution in [1.29, 1.82) is 0 Å². The number of carbonyl (C=O) groups is 2. The first-order chi connectivity index (χ1) is 9.04. The fourth-order valence-corrected chi connectivity index (χ4v) is 1.46. The van der Waals surface area contributed by atoms with Crippen molar-refractivity contribution in [3.05, 3.63) is 46.2 Å². The normalized spacial score (nSPS) is 10.2. The number of carboxylic acid groups (broad SMARTS) is 1. The fourth-order valence-electron chi connectivity index (χ4n) is 1.46. The Morgan fingerprint density at radius 3 is 2.68 bits per heavy atom. The number of hydrogen-bond donors (Lipinski definition) is 2. The second-order valence-corrected chi connectivity index (χ2v) is 3.49. The SMILES string of the molecule is CNC(=O)c1nc(=O)n(-c2ccccc2C(=O)O)o1. The summed E-state index contributed by atoms with van der Waals surface area (Å²) in [5, 5.41) is 11.3. The van der Waals surface area contributed by atoms with Gasteiger partial charge in [0.1, 0.15) is 5.69 Å². The van der Waals surface area contributed by atoms with Crippen LogP contribution in [0.25, 0.3) is 5.69 Å². The Kier molecular flexibility index (Phi) is 3.15. The summed E-state index contributed by atoms with van der Waals surface area (Å²) in [5.41, 5.74) is -1.00. The van der Waals surface area contributed by atoms with Crippen LogP contribution in [0, 0.1) is 0 Å². The molecule has 0 aliphatic rings. The topological polar surface area (TPSA) is 114 Å². The first-order valence-corrected chi connectivity index (χ1v) is 5.19. The maximum atomic E-state index is 11.6. The van der Waals surface area contributed by atoms with Crippen LogP contribution in [0.2, 0.25) is 0 Å². The van der Waals surface area contributed by atoms with E-state index in [0.717, 1.165) is 0 Å². The summed E-state index contributed by atoms with van der Waals surface area (Å²) in [7, 11) is 1.35. The number of carboxylic acids is 1. The molecule has 0 aliphatic heterocycles. The van der Waals surface area contributed by atoms with E-state index >= 15 is 0 Å². The van der Waals surface area contributed by atoms with Crippen molar-refractivity contribution in [3.63, 3.8) is 0 Å². The van der Waals surface area contributed by atoms with Gasteiger partial charge in [-0.25, -0.2) is 9.59 Å². The van der Waals surface area contributed by atoms with Crippen LogP contribution in [0.5, 0.6) is 0 Å². The molecule has 2 aromatic rings. The summed E-state index contributed by atoms with van der Waals surface area (Å²) in [6, 6.07) is 5.74. The van der Waals surface area contributed by atoms with Gasteiger partial charge >= 0.3 is 23.5 Å². The van der Waals surface area contributed by atoms with Crippen molar-refractivity contribution in [1.82, 2.24) is 15.0 Å². The van der Waals surface area contributed by atoms with E-state index in [2.05, 4.69) is 10.3 Å². The van der Waals surface area contributed by atoms with Gasteiger partial charge in [0, 0.05) is 7.05 Å². The molecule has 1 heterocycles. The number of aromatic nitrogens is 2. The third-order valence-electron chi connectivity index (χ3n) is 2.32. The zero-order chi connectivity index (χ0) is 14.0. The van der Waals surface area contributed by atoms with Gasteiger partial charge < -0.3 is 14.9 Å². The Labute approximate surface area is 106 Å². The van der Waals surface area contributed by atoms with Crippen molar-refractivity contribution in [3.8, 4) is 5.69 Å². The molecule has 98 valence electrons. The summed E-state index contributed by atoms with van der Waals surface area (Å²) >= 11 is 0. The van der Waals surface area contributed by atoms with Gasteiger partial charge in [-0.2, -0.15) is 0 Å². The standard InChI is InChI=1S/C11H9N3O5/c1-12-8(15)9-13-11(18)14(19-9)7-5-3-2-4-6(7)10(16)17/h2-5H,1H3,(H,12,15)(H,16,17). The molecule has 0 spiro atoms. The van der Waals surface area contributed by atoms with E-state index < -0.39 is 23.5 Å². The van der Waals surface area contributed by atoms with E-state index in [9.17, 15) is 14.4 Å². The highest BCUT2D eigenvalue weighted by Gasteiger charge is 2.19. The van der Waals surface area contributed by atoms with Crippen molar-refractivity contribution in [2.75, 3.05) is 7.05 Å². The highest BCUT2D eigenvalue weighted by molar-refractivity contribution is 5.92. The minimum Gasteiger partial charge on any atom is -0.478 e. The van der Waals surface area contributed by atoms with Crippen LogP contribution in [-0.2, 0) is 0 Å². The molecular weight excluding hydrogens is 254 g/mol. The molecule has 1 aromatic carbocycles. The van der Waals surface area contributed by atoms with Gasteiger partial charge in [-0.3, -0.25) is 4.79 Å². The van der Waals surface area contributed by atoms with Crippen LogP contribution in [0.15, 0.2) is 33.6 Å². The molecule has 0 unspecified atom stereocenters. The molecule has 8 heteroatoms. The molecule has 0 saturated heterocycles. The molecule has 1 amide bonds. The molecule has 8 nitrogen and oxygen atoms in total. The maximum Gasteiger partial charge on any atom is 0.385 e. The van der Waals surface area contributed by atoms with E-state index in [-0.39, 0.29) is 11.3 Å². The van der Waals surface area contributed by atoms with Crippen LogP contribution in [-0.4, -0.2) is 33.8 Å². The molecule has 0 saturated carbocycles. The second-order valence-electron chi connectivity index (χ2n) is 3.49. The van der Waals surface area contributed by atoms with Crippen LogP contribution in [0.1, 0.15) is 21.0 Å². The molecular formula is C11H9N3O5. The number of nitrogens with zero attached hydrogens (tertiary/aromatic N) is 2. The first-order valence-electron chi connectivity index (χ1n) is 5.19. The molecule has 0 aliphatic carbocycles. The summed E-state index contributed by atoms with van der Waals surface area (Å²) in [6.45, 7) is 0. The lowest BCUT2D eigenvalue weighted by molar-refractivity contribution is 0.0695. The van der Waals surface area contributed by atoms with Crippen molar-refractivity contribution in [2.24, 2.45) is 0 Å². The van der Waals surface area contributed by atoms with Gasteiger partial charge in [0.05, 0.1) is 5.56 Å². The summed E-state index contributed by atoms with van der Waals surface area (Å²) < 4.78 is 5.62. The minimum absolute atomic E-state index is 0.00246. The quantitative estimate of drug-likeness (QED) is 0.798. The predicted octanol–water partition coefficient (Wildman–Crippen LogP) is -0.117. The molecule has 19 heavy (non-hydrogen) atoms. The van der Waals surface area contributed by atoms with Crippen molar-refractivity contribution >= 4 is 11.9 Å². The number of benzene rings is 1. The number of carbonyl (C=O) groups excluding carboxylic acids is 1. The number of hydrogen-bond acceptors (Lipinski definition) is 5. The first kappa shape index (κ1) is 12.6. The van der Waals surface area contributed by atoms with E-state index in [0.29, 0.717) is 4.74 Å². The number of rotatable bonds is 3. The van der Waals surface area contributed by atoms with Gasteiger partial charge in [-0.15, -0.1) is 9.72 Å². The molecule has 2 rings (SSSR count). The van der Waals surface area contributed by atoms with E-state index in [1.807, 2.05) is 0 Å². The Hall–Kier alpha value is -2.90. The van der Waals surface area contributed by atoms with E-state index in [4.69, 9.17) is 9.63 Å². The molecule has 0 fully saturated rings. The smallest absolute Gasteiger partial charge is 0.385 e. The Bertz CT molecular complexity index is 700. The van der Waals surface area contributed by atoms with Gasteiger partial charge in [0.15, 0.2) is 0 Å². The summed E-state index contributed by atoms with van der Waals surface area (Å²) in [5.74, 6) is -2.34. The summed E-state index contributed by atoms with van der Waals surface area (Å²) in [4.78, 5) is 37.4. The molecule has 0 atom stereocenters. The Morgan fingerprint density at radius 1 is 1.37 bits per heavy atom. The lowest BCUT2D eigenvalue weighted by atomic mass is 10.2. The number of aromatic carboxylic acids is 1. The highest BCUT2D eigenvalue weighted by atomic mass is 16.5. The van der Waals surface area contributed by atoms with Gasteiger partial charge in [0.25, 0.3) is 0 Å². The van der Waals surface area contributed by atoms with Gasteiger partial charge in [-0.05, 0) is 12.1 Å². The van der Waals surface area contributed by atoms with Gasteiger partial charge in [-0.1, -0.05) is 12.1 Å². The molecule has 0 radical (unpaired) electrons. The average molecular weight is 263 g/mol. The molecule has 2 N–H and O–H groups in total. The molecule has 0 bridgehead atoms. The van der Waals surface area contributed by atoms with E-state index in [1.165, 1.54) is 31.3 Å². The number of para-hydroxylation sites is 1. The minimum atomic E-state index is -1.22. The third-order valence-corrected chi connectivity index (χ3v) is 2.32. The second kappa shape index (κ2) is 4.77. The van der Waals surface area contributed by atoms with Crippen LogP contribution in [0.3, 0.4) is 0 Å². The van der Waals surface area contributed by atoms with Crippen LogP contribution in [0.4, 0.5) is 0 Å². The van der Waals surface area contributed by atoms with Crippen LogP contribution < -0.4 is 11.0 Å². The lowest BCUT2D eigenvalue weighted by Crippen LogP contribution is -2.19. The number of amides is 1. The van der Waals surface area contributed by atoms with Gasteiger partial charge in [0.2, 0.25) is 0 Å². The predicted molar refractivity (Wildman–Crippen MR) is 62.4 cm³/mol. The zero-order valence-electron chi connectivity index (χ0n) is 9.78. The maximum absolute atomic E-state index is 11.6. The third kappa shape index (κ3) is 2.23. The Balaban J connectivity index is 2.60. The van der Waals surface area contributed by atoms with Crippen molar-refractivity contribution in [2.45, 2.75) is 0 Å². The average Bonchev–Trinajstić information content (AvgIpc) is 2.79. The van der Waals surface area contributed by atoms with Crippen molar-refractivity contribution < 1.29 is 19.2 Å². The lowest BCUT2D eigenvalue weighted by Gasteiger charge is -2.02.